The van der Waals surface area contributed by atoms with E-state index < -0.39 is 49.1 Å². The number of carbonyl (C=O) groups is 2. The van der Waals surface area contributed by atoms with Crippen molar-refractivity contribution in [3.05, 3.63) is 57.6 Å². The zero-order chi connectivity index (χ0) is 32.6. The van der Waals surface area contributed by atoms with E-state index in [1.54, 1.807) is 34.9 Å². The third-order valence-corrected chi connectivity index (χ3v) is 10.2. The number of aliphatic hydroxyl groups excluding tert-OH is 3. The average molecular weight is 670 g/mol. The summed E-state index contributed by atoms with van der Waals surface area (Å²) >= 11 is 13.6. The molecule has 11 nitrogen and oxygen atoms in total. The summed E-state index contributed by atoms with van der Waals surface area (Å²) in [5, 5.41) is 35.7. The number of methoxy groups -OCH3 is 1. The van der Waals surface area contributed by atoms with Crippen LogP contribution in [0.25, 0.3) is 43.6 Å². The summed E-state index contributed by atoms with van der Waals surface area (Å²) in [7, 11) is 1.36. The summed E-state index contributed by atoms with van der Waals surface area (Å²) in [5.74, 6) is -0.845. The van der Waals surface area contributed by atoms with Crippen LogP contribution < -0.4 is 0 Å². The first-order valence-electron chi connectivity index (χ1n) is 15.3. The van der Waals surface area contributed by atoms with Crippen molar-refractivity contribution in [3.63, 3.8) is 0 Å². The predicted molar refractivity (Wildman–Crippen MR) is 176 cm³/mol. The van der Waals surface area contributed by atoms with Gasteiger partial charge in [0, 0.05) is 41.7 Å². The van der Waals surface area contributed by atoms with Crippen LogP contribution in [0.4, 0.5) is 0 Å². The van der Waals surface area contributed by atoms with Gasteiger partial charge in [-0.05, 0) is 25.2 Å². The van der Waals surface area contributed by atoms with Gasteiger partial charge in [0.25, 0.3) is 11.8 Å². The van der Waals surface area contributed by atoms with Crippen molar-refractivity contribution in [2.45, 2.75) is 44.5 Å². The number of aromatic nitrogens is 2. The highest BCUT2D eigenvalue weighted by Crippen LogP contribution is 2.49. The molecule has 0 bridgehead atoms. The average Bonchev–Trinajstić information content (AvgIpc) is 3.68. The number of H-pyrrole nitrogens is 1. The zero-order valence-corrected chi connectivity index (χ0v) is 27.0. The molecule has 0 spiro atoms. The number of rotatable bonds is 8. The number of ether oxygens (including phenoxy) is 2. The number of carbonyl (C=O) groups excluding carboxylic acids is 2. The van der Waals surface area contributed by atoms with E-state index in [0.717, 1.165) is 13.1 Å². The highest BCUT2D eigenvalue weighted by atomic mass is 35.5. The molecule has 1 fully saturated rings. The molecule has 0 radical (unpaired) electrons. The third kappa shape index (κ3) is 4.34. The fraction of sp³-hybridized carbons (Fsp3) is 0.394. The molecule has 242 valence electrons. The maximum atomic E-state index is 14.4. The normalized spacial score (nSPS) is 23.7. The number of halogens is 2. The molecular weight excluding hydrogens is 635 g/mol. The summed E-state index contributed by atoms with van der Waals surface area (Å²) < 4.78 is 13.3. The Hall–Kier alpha value is -3.26. The Balaban J connectivity index is 1.61. The van der Waals surface area contributed by atoms with Crippen LogP contribution in [0.3, 0.4) is 0 Å². The second kappa shape index (κ2) is 11.8. The SMILES string of the molecule is CCN(CC)CCN1C(=O)c2c(c3c4cccc(Cl)c4n([C@@H]4O[C@@H](CO)[C@@H](OC)[C@@H](O)[C@@H]4O)c3c3[nH]c4c(Cl)cccc4c23)C1=O. The first-order chi connectivity index (χ1) is 22.2. The summed E-state index contributed by atoms with van der Waals surface area (Å²) in [4.78, 5) is 35.6. The Kier molecular flexibility index (Phi) is 8.02. The lowest BCUT2D eigenvalue weighted by Gasteiger charge is -2.42. The number of likely N-dealkylation sites (N-methyl/N-ethyl adjacent to an activating group) is 1. The molecule has 4 N–H and O–H groups in total. The molecule has 2 aliphatic heterocycles. The quantitative estimate of drug-likeness (QED) is 0.180. The predicted octanol–water partition coefficient (Wildman–Crippen LogP) is 4.30. The number of hydrogen-bond acceptors (Lipinski definition) is 8. The van der Waals surface area contributed by atoms with E-state index in [-0.39, 0.29) is 17.7 Å². The second-order valence-corrected chi connectivity index (χ2v) is 12.5. The molecule has 2 aromatic heterocycles. The highest BCUT2D eigenvalue weighted by molar-refractivity contribution is 6.43. The minimum Gasteiger partial charge on any atom is -0.394 e. The van der Waals surface area contributed by atoms with Crippen LogP contribution >= 0.6 is 23.2 Å². The van der Waals surface area contributed by atoms with Crippen molar-refractivity contribution in [2.24, 2.45) is 0 Å². The highest BCUT2D eigenvalue weighted by Gasteiger charge is 2.48. The second-order valence-electron chi connectivity index (χ2n) is 11.7. The Morgan fingerprint density at radius 3 is 2.22 bits per heavy atom. The van der Waals surface area contributed by atoms with Gasteiger partial charge in [0.1, 0.15) is 24.4 Å². The van der Waals surface area contributed by atoms with E-state index in [9.17, 15) is 24.9 Å². The lowest BCUT2D eigenvalue weighted by atomic mass is 9.96. The molecule has 13 heteroatoms. The largest absolute Gasteiger partial charge is 0.394 e. The van der Waals surface area contributed by atoms with Gasteiger partial charge in [-0.25, -0.2) is 0 Å². The minimum absolute atomic E-state index is 0.201. The summed E-state index contributed by atoms with van der Waals surface area (Å²) in [6.45, 7) is 5.83. The molecule has 5 aromatic rings. The summed E-state index contributed by atoms with van der Waals surface area (Å²) in [6, 6.07) is 10.6. The Labute approximate surface area is 273 Å². The zero-order valence-electron chi connectivity index (χ0n) is 25.5. The fourth-order valence-corrected chi connectivity index (χ4v) is 7.78. The van der Waals surface area contributed by atoms with Crippen molar-refractivity contribution >= 4 is 78.6 Å². The van der Waals surface area contributed by atoms with Crippen molar-refractivity contribution < 1.29 is 34.4 Å². The monoisotopic (exact) mass is 668 g/mol. The van der Waals surface area contributed by atoms with Crippen molar-refractivity contribution in [1.82, 2.24) is 19.4 Å². The van der Waals surface area contributed by atoms with Crippen LogP contribution in [-0.2, 0) is 9.47 Å². The fourth-order valence-electron chi connectivity index (χ4n) is 7.29. The van der Waals surface area contributed by atoms with Gasteiger partial charge in [0.15, 0.2) is 6.23 Å². The molecule has 2 amide bonds. The maximum Gasteiger partial charge on any atom is 0.262 e. The van der Waals surface area contributed by atoms with Crippen LogP contribution in [0.5, 0.6) is 0 Å². The van der Waals surface area contributed by atoms with Crippen LogP contribution in [0.2, 0.25) is 10.0 Å². The molecular formula is C33H34Cl2N4O7. The minimum atomic E-state index is -1.53. The van der Waals surface area contributed by atoms with Gasteiger partial charge in [-0.1, -0.05) is 61.3 Å². The van der Waals surface area contributed by atoms with E-state index in [4.69, 9.17) is 32.7 Å². The maximum absolute atomic E-state index is 14.4. The lowest BCUT2D eigenvalue weighted by Crippen LogP contribution is -2.57. The van der Waals surface area contributed by atoms with Crippen LogP contribution in [0.1, 0.15) is 40.8 Å². The molecule has 7 rings (SSSR count). The lowest BCUT2D eigenvalue weighted by molar-refractivity contribution is -0.255. The van der Waals surface area contributed by atoms with Gasteiger partial charge >= 0.3 is 0 Å². The Morgan fingerprint density at radius 1 is 0.913 bits per heavy atom. The number of amides is 2. The van der Waals surface area contributed by atoms with Gasteiger partial charge in [0.2, 0.25) is 0 Å². The van der Waals surface area contributed by atoms with Crippen molar-refractivity contribution in [1.29, 1.82) is 0 Å². The van der Waals surface area contributed by atoms with E-state index in [2.05, 4.69) is 9.88 Å². The molecule has 46 heavy (non-hydrogen) atoms. The molecule has 0 saturated carbocycles. The van der Waals surface area contributed by atoms with Crippen molar-refractivity contribution in [2.75, 3.05) is 39.9 Å². The van der Waals surface area contributed by atoms with Crippen LogP contribution in [0, 0.1) is 0 Å². The Bertz CT molecular complexity index is 2040. The summed E-state index contributed by atoms with van der Waals surface area (Å²) in [6.07, 6.45) is -6.23. The molecule has 0 aliphatic carbocycles. The van der Waals surface area contributed by atoms with Gasteiger partial charge in [-0.15, -0.1) is 0 Å². The number of fused-ring (bicyclic) bond motifs is 10. The Morgan fingerprint density at radius 2 is 1.57 bits per heavy atom. The number of aliphatic hydroxyl groups is 3. The molecule has 1 saturated heterocycles. The van der Waals surface area contributed by atoms with E-state index >= 15 is 0 Å². The van der Waals surface area contributed by atoms with E-state index in [1.165, 1.54) is 12.0 Å². The van der Waals surface area contributed by atoms with Gasteiger partial charge in [-0.2, -0.15) is 0 Å². The molecule has 0 unspecified atom stereocenters. The van der Waals surface area contributed by atoms with Crippen molar-refractivity contribution in [3.8, 4) is 0 Å². The van der Waals surface area contributed by atoms with Gasteiger partial charge in [-0.3, -0.25) is 14.5 Å². The molecule has 3 aromatic carbocycles. The number of aromatic amines is 1. The number of benzene rings is 3. The number of hydrogen-bond donors (Lipinski definition) is 4. The van der Waals surface area contributed by atoms with E-state index in [1.807, 2.05) is 19.9 Å². The topological polar surface area (TPSA) is 140 Å². The number of nitrogens with one attached hydrogen (secondary N) is 1. The standard InChI is InChI=1S/C33H34Cl2N4O7/c1-4-37(5-2)12-13-38-31(43)22-20-15-8-6-10-17(34)24(15)36-25(20)27-21(23(22)32(38)44)16-9-7-11-18(35)26(16)39(27)33-29(42)28(41)30(45-3)19(14-40)46-33/h6-11,19,28-30,33,36,40-42H,4-5,12-14H2,1-3H3/t19-,28-,29-,30+,33+/m0/s1. The summed E-state index contributed by atoms with van der Waals surface area (Å²) in [5.41, 5.74) is 2.38. The number of imide groups is 1. The molecule has 5 atom stereocenters. The first-order valence-corrected chi connectivity index (χ1v) is 16.1. The van der Waals surface area contributed by atoms with Crippen LogP contribution in [0.15, 0.2) is 36.4 Å². The number of para-hydroxylation sites is 2. The van der Waals surface area contributed by atoms with Gasteiger partial charge < -0.3 is 39.2 Å². The first kappa shape index (κ1) is 31.3. The molecule has 2 aliphatic rings. The number of nitrogens with zero attached hydrogens (tertiary/aromatic N) is 3. The molecule has 4 heterocycles. The van der Waals surface area contributed by atoms with Crippen LogP contribution in [-0.4, -0.2) is 111 Å². The van der Waals surface area contributed by atoms with E-state index in [0.29, 0.717) is 60.2 Å². The third-order valence-electron chi connectivity index (χ3n) is 9.56. The van der Waals surface area contributed by atoms with Gasteiger partial charge in [0.05, 0.1) is 49.8 Å². The smallest absolute Gasteiger partial charge is 0.262 e.